The molecule has 8 nitrogen and oxygen atoms in total. The van der Waals surface area contributed by atoms with Gasteiger partial charge < -0.3 is 19.3 Å². The van der Waals surface area contributed by atoms with Crippen molar-refractivity contribution in [3.8, 4) is 0 Å². The quantitative estimate of drug-likeness (QED) is 0.520. The molecule has 0 aliphatic carbocycles. The minimum Gasteiger partial charge on any atom is -0.466 e. The van der Waals surface area contributed by atoms with E-state index in [4.69, 9.17) is 21.1 Å². The second kappa shape index (κ2) is 10.9. The summed E-state index contributed by atoms with van der Waals surface area (Å²) in [7, 11) is 1.34. The van der Waals surface area contributed by atoms with E-state index in [1.807, 2.05) is 28.5 Å². The number of likely N-dealkylation sites (tertiary alicyclic amines) is 1. The highest BCUT2D eigenvalue weighted by Gasteiger charge is 2.41. The molecule has 3 aliphatic heterocycles. The van der Waals surface area contributed by atoms with E-state index >= 15 is 0 Å². The number of fused-ring (bicyclic) bond motifs is 1. The number of hydrogen-bond donors (Lipinski definition) is 0. The molecular formula is C25H28ClN3O5S. The summed E-state index contributed by atoms with van der Waals surface area (Å²) < 4.78 is 10.2. The maximum absolute atomic E-state index is 13.2. The zero-order valence-electron chi connectivity index (χ0n) is 20.0. The molecule has 1 saturated heterocycles. The SMILES string of the molecule is CCOC(=O)C1CCN(C(=O)CC2=CSC3=NC(C)=C(C(=O)OC)C(c4cccc(Cl)c4)N23)CC1. The number of carbonyl (C=O) groups is 3. The highest BCUT2D eigenvalue weighted by Crippen LogP contribution is 2.45. The number of hydrogen-bond acceptors (Lipinski definition) is 8. The number of thioether (sulfide) groups is 1. The molecule has 0 radical (unpaired) electrons. The first-order chi connectivity index (χ1) is 16.8. The van der Waals surface area contributed by atoms with Crippen molar-refractivity contribution in [3.63, 3.8) is 0 Å². The lowest BCUT2D eigenvalue weighted by Crippen LogP contribution is -2.42. The topological polar surface area (TPSA) is 88.5 Å². The molecule has 3 aliphatic rings. The molecular weight excluding hydrogens is 490 g/mol. The van der Waals surface area contributed by atoms with E-state index in [1.54, 1.807) is 24.8 Å². The van der Waals surface area contributed by atoms with Gasteiger partial charge >= 0.3 is 11.9 Å². The maximum atomic E-state index is 13.2. The average molecular weight is 518 g/mol. The van der Waals surface area contributed by atoms with Crippen LogP contribution in [0, 0.1) is 5.92 Å². The number of methoxy groups -OCH3 is 1. The van der Waals surface area contributed by atoms with Crippen LogP contribution in [0.4, 0.5) is 0 Å². The van der Waals surface area contributed by atoms with E-state index in [1.165, 1.54) is 18.9 Å². The zero-order chi connectivity index (χ0) is 25.1. The van der Waals surface area contributed by atoms with Crippen molar-refractivity contribution in [1.29, 1.82) is 0 Å². The van der Waals surface area contributed by atoms with Gasteiger partial charge in [0, 0.05) is 23.8 Å². The lowest BCUT2D eigenvalue weighted by Gasteiger charge is -2.37. The molecule has 1 amide bonds. The van der Waals surface area contributed by atoms with E-state index in [9.17, 15) is 14.4 Å². The standard InChI is InChI=1S/C25H28ClN3O5S/c1-4-34-23(31)16-8-10-28(11-9-16)20(30)13-19-14-35-25-27-15(2)21(24(32)33-3)22(29(19)25)17-6-5-7-18(26)12-17/h5-7,12,14,16,22H,4,8-11,13H2,1-3H3. The third kappa shape index (κ3) is 5.26. The van der Waals surface area contributed by atoms with Gasteiger partial charge in [0.15, 0.2) is 5.17 Å². The molecule has 4 rings (SSSR count). The molecule has 0 bridgehead atoms. The number of aliphatic imine (C=N–C) groups is 1. The summed E-state index contributed by atoms with van der Waals surface area (Å²) in [5.41, 5.74) is 2.54. The van der Waals surface area contributed by atoms with Gasteiger partial charge in [-0.1, -0.05) is 35.5 Å². The summed E-state index contributed by atoms with van der Waals surface area (Å²) in [5, 5.41) is 3.16. The lowest BCUT2D eigenvalue weighted by atomic mass is 9.93. The minimum atomic E-state index is -0.516. The fourth-order valence-electron chi connectivity index (χ4n) is 4.62. The molecule has 0 N–H and O–H groups in total. The molecule has 1 aromatic carbocycles. The van der Waals surface area contributed by atoms with E-state index in [0.717, 1.165) is 11.3 Å². The van der Waals surface area contributed by atoms with Crippen molar-refractivity contribution in [1.82, 2.24) is 9.80 Å². The van der Waals surface area contributed by atoms with Crippen LogP contribution in [0.3, 0.4) is 0 Å². The molecule has 1 fully saturated rings. The second-order valence-corrected chi connectivity index (χ2v) is 9.80. The Morgan fingerprint density at radius 1 is 1.23 bits per heavy atom. The number of nitrogens with zero attached hydrogens (tertiary/aromatic N) is 3. The highest BCUT2D eigenvalue weighted by atomic mass is 35.5. The molecule has 1 unspecified atom stereocenters. The molecule has 10 heteroatoms. The Labute approximate surface area is 214 Å². The molecule has 186 valence electrons. The smallest absolute Gasteiger partial charge is 0.338 e. The number of halogens is 1. The van der Waals surface area contributed by atoms with Crippen LogP contribution >= 0.6 is 23.4 Å². The van der Waals surface area contributed by atoms with Crippen molar-refractivity contribution < 1.29 is 23.9 Å². The van der Waals surface area contributed by atoms with Crippen molar-refractivity contribution in [2.75, 3.05) is 26.8 Å². The number of piperidine rings is 1. The van der Waals surface area contributed by atoms with E-state index in [2.05, 4.69) is 4.99 Å². The molecule has 1 atom stereocenters. The predicted octanol–water partition coefficient (Wildman–Crippen LogP) is 4.28. The molecule has 35 heavy (non-hydrogen) atoms. The fourth-order valence-corrected chi connectivity index (χ4v) is 5.79. The van der Waals surface area contributed by atoms with Crippen molar-refractivity contribution in [2.24, 2.45) is 10.9 Å². The first-order valence-electron chi connectivity index (χ1n) is 11.6. The number of rotatable bonds is 6. The first-order valence-corrected chi connectivity index (χ1v) is 12.8. The maximum Gasteiger partial charge on any atom is 0.338 e. The highest BCUT2D eigenvalue weighted by molar-refractivity contribution is 8.16. The number of ether oxygens (including phenoxy) is 2. The summed E-state index contributed by atoms with van der Waals surface area (Å²) in [6.07, 6.45) is 1.34. The molecule has 0 spiro atoms. The Hall–Kier alpha value is -2.78. The molecule has 0 saturated carbocycles. The fraction of sp³-hybridized carbons (Fsp3) is 0.440. The summed E-state index contributed by atoms with van der Waals surface area (Å²) >= 11 is 7.71. The van der Waals surface area contributed by atoms with Crippen LogP contribution in [0.1, 0.15) is 44.7 Å². The number of esters is 2. The Bertz CT molecular complexity index is 1120. The summed E-state index contributed by atoms with van der Waals surface area (Å²) in [6, 6.07) is 6.80. The largest absolute Gasteiger partial charge is 0.466 e. The summed E-state index contributed by atoms with van der Waals surface area (Å²) in [5.74, 6) is -0.857. The van der Waals surface area contributed by atoms with Crippen LogP contribution in [-0.2, 0) is 23.9 Å². The first kappa shape index (κ1) is 25.3. The van der Waals surface area contributed by atoms with Crippen molar-refractivity contribution in [2.45, 2.75) is 39.2 Å². The third-order valence-electron chi connectivity index (χ3n) is 6.37. The van der Waals surface area contributed by atoms with E-state index in [0.29, 0.717) is 54.0 Å². The Kier molecular flexibility index (Phi) is 7.86. The van der Waals surface area contributed by atoms with Gasteiger partial charge in [-0.2, -0.15) is 0 Å². The van der Waals surface area contributed by atoms with Crippen molar-refractivity contribution in [3.05, 3.63) is 57.2 Å². The summed E-state index contributed by atoms with van der Waals surface area (Å²) in [4.78, 5) is 46.4. The van der Waals surface area contributed by atoms with E-state index < -0.39 is 12.0 Å². The number of amides is 1. The summed E-state index contributed by atoms with van der Waals surface area (Å²) in [6.45, 7) is 4.95. The number of allylic oxidation sites excluding steroid dienone is 1. The molecule has 3 heterocycles. The van der Waals surface area contributed by atoms with Crippen LogP contribution in [0.15, 0.2) is 51.6 Å². The number of amidine groups is 1. The minimum absolute atomic E-state index is 0.0313. The van der Waals surface area contributed by atoms with Gasteiger partial charge in [0.25, 0.3) is 0 Å². The number of carbonyl (C=O) groups excluding carboxylic acids is 3. The van der Waals surface area contributed by atoms with Gasteiger partial charge in [-0.25, -0.2) is 9.79 Å². The van der Waals surface area contributed by atoms with Crippen LogP contribution < -0.4 is 0 Å². The lowest BCUT2D eigenvalue weighted by molar-refractivity contribution is -0.151. The monoisotopic (exact) mass is 517 g/mol. The Balaban J connectivity index is 1.55. The molecule has 1 aromatic rings. The van der Waals surface area contributed by atoms with E-state index in [-0.39, 0.29) is 24.2 Å². The van der Waals surface area contributed by atoms with Gasteiger partial charge in [-0.3, -0.25) is 9.59 Å². The van der Waals surface area contributed by atoms with Gasteiger partial charge in [0.05, 0.1) is 43.4 Å². The van der Waals surface area contributed by atoms with Gasteiger partial charge in [0.2, 0.25) is 5.91 Å². The van der Waals surface area contributed by atoms with Crippen LogP contribution in [0.25, 0.3) is 0 Å². The van der Waals surface area contributed by atoms with Crippen LogP contribution in [0.5, 0.6) is 0 Å². The van der Waals surface area contributed by atoms with Crippen LogP contribution in [0.2, 0.25) is 5.02 Å². The van der Waals surface area contributed by atoms with Gasteiger partial charge in [0.1, 0.15) is 0 Å². The number of benzene rings is 1. The predicted molar refractivity (Wildman–Crippen MR) is 134 cm³/mol. The normalized spacial score (nSPS) is 20.3. The third-order valence-corrected chi connectivity index (χ3v) is 7.49. The molecule has 0 aromatic heterocycles. The van der Waals surface area contributed by atoms with Gasteiger partial charge in [-0.15, -0.1) is 0 Å². The van der Waals surface area contributed by atoms with Crippen LogP contribution in [-0.4, -0.2) is 59.6 Å². The average Bonchev–Trinajstić information content (AvgIpc) is 3.24. The second-order valence-electron chi connectivity index (χ2n) is 8.52. The van der Waals surface area contributed by atoms with Gasteiger partial charge in [-0.05, 0) is 49.8 Å². The zero-order valence-corrected chi connectivity index (χ0v) is 21.5. The van der Waals surface area contributed by atoms with Crippen molar-refractivity contribution >= 4 is 46.4 Å². The Morgan fingerprint density at radius 2 is 1.97 bits per heavy atom. The Morgan fingerprint density at radius 3 is 2.63 bits per heavy atom.